The molecule has 4 aromatic rings. The summed E-state index contributed by atoms with van der Waals surface area (Å²) >= 11 is 1.60. The van der Waals surface area contributed by atoms with Crippen LogP contribution in [0.15, 0.2) is 47.8 Å². The SMILES string of the molecule is COc1ccc(Cn2nnc(-c3ccc(OC)c(C#Cc4nc(C5CCC5)cs4)c3)n2)cc1. The fourth-order valence-electron chi connectivity index (χ4n) is 3.62. The van der Waals surface area contributed by atoms with Crippen molar-refractivity contribution in [1.82, 2.24) is 25.2 Å². The summed E-state index contributed by atoms with van der Waals surface area (Å²) in [4.78, 5) is 6.27. The molecule has 0 aliphatic heterocycles. The van der Waals surface area contributed by atoms with Crippen LogP contribution < -0.4 is 9.47 Å². The first-order chi connectivity index (χ1) is 16.2. The van der Waals surface area contributed by atoms with Crippen molar-refractivity contribution in [3.05, 3.63) is 69.7 Å². The van der Waals surface area contributed by atoms with Gasteiger partial charge in [-0.1, -0.05) is 24.5 Å². The lowest BCUT2D eigenvalue weighted by Crippen LogP contribution is -2.08. The molecular weight excluding hydrogens is 434 g/mol. The lowest BCUT2D eigenvalue weighted by Gasteiger charge is -2.22. The van der Waals surface area contributed by atoms with Crippen molar-refractivity contribution < 1.29 is 9.47 Å². The number of hydrogen-bond donors (Lipinski definition) is 0. The van der Waals surface area contributed by atoms with Crippen LogP contribution in [-0.2, 0) is 6.54 Å². The Balaban J connectivity index is 1.35. The molecule has 33 heavy (non-hydrogen) atoms. The molecular formula is C25H23N5O2S. The summed E-state index contributed by atoms with van der Waals surface area (Å²) in [5.74, 6) is 9.07. The minimum Gasteiger partial charge on any atom is -0.497 e. The van der Waals surface area contributed by atoms with Gasteiger partial charge in [-0.3, -0.25) is 0 Å². The van der Waals surface area contributed by atoms with Gasteiger partial charge < -0.3 is 9.47 Å². The van der Waals surface area contributed by atoms with Gasteiger partial charge in [0.25, 0.3) is 0 Å². The maximum atomic E-state index is 5.51. The van der Waals surface area contributed by atoms with Crippen LogP contribution in [0.5, 0.6) is 11.5 Å². The molecule has 1 saturated carbocycles. The average molecular weight is 458 g/mol. The fraction of sp³-hybridized carbons (Fsp3) is 0.280. The highest BCUT2D eigenvalue weighted by Crippen LogP contribution is 2.36. The highest BCUT2D eigenvalue weighted by molar-refractivity contribution is 7.10. The van der Waals surface area contributed by atoms with Crippen LogP contribution >= 0.6 is 11.3 Å². The number of ether oxygens (including phenoxy) is 2. The summed E-state index contributed by atoms with van der Waals surface area (Å²) in [7, 11) is 3.29. The van der Waals surface area contributed by atoms with Crippen molar-refractivity contribution in [2.24, 2.45) is 0 Å². The van der Waals surface area contributed by atoms with Gasteiger partial charge in [-0.05, 0) is 59.9 Å². The predicted octanol–water partition coefficient (Wildman–Crippen LogP) is 4.53. The van der Waals surface area contributed by atoms with Crippen molar-refractivity contribution in [1.29, 1.82) is 0 Å². The predicted molar refractivity (Wildman–Crippen MR) is 127 cm³/mol. The minimum absolute atomic E-state index is 0.521. The van der Waals surface area contributed by atoms with Crippen LogP contribution in [0.2, 0.25) is 0 Å². The van der Waals surface area contributed by atoms with E-state index in [9.17, 15) is 0 Å². The Morgan fingerprint density at radius 1 is 1.06 bits per heavy atom. The smallest absolute Gasteiger partial charge is 0.204 e. The Hall–Kier alpha value is -3.70. The molecule has 0 unspecified atom stereocenters. The molecule has 2 heterocycles. The van der Waals surface area contributed by atoms with Crippen molar-refractivity contribution in [2.45, 2.75) is 31.7 Å². The Bertz CT molecular complexity index is 1310. The Morgan fingerprint density at radius 3 is 2.64 bits per heavy atom. The maximum Gasteiger partial charge on any atom is 0.204 e. The first-order valence-electron chi connectivity index (χ1n) is 10.8. The molecule has 166 valence electrons. The number of methoxy groups -OCH3 is 2. The highest BCUT2D eigenvalue weighted by Gasteiger charge is 2.21. The summed E-state index contributed by atoms with van der Waals surface area (Å²) in [5.41, 5.74) is 3.83. The highest BCUT2D eigenvalue weighted by atomic mass is 32.1. The Kier molecular flexibility index (Phi) is 6.05. The van der Waals surface area contributed by atoms with Crippen LogP contribution in [0.1, 0.15) is 47.0 Å². The molecule has 0 saturated heterocycles. The van der Waals surface area contributed by atoms with Crippen LogP contribution in [0.25, 0.3) is 11.4 Å². The van der Waals surface area contributed by atoms with Gasteiger partial charge in [-0.15, -0.1) is 21.5 Å². The molecule has 0 spiro atoms. The van der Waals surface area contributed by atoms with E-state index in [0.717, 1.165) is 27.4 Å². The quantitative estimate of drug-likeness (QED) is 0.396. The molecule has 0 N–H and O–H groups in total. The fourth-order valence-corrected chi connectivity index (χ4v) is 4.37. The monoisotopic (exact) mass is 457 g/mol. The summed E-state index contributed by atoms with van der Waals surface area (Å²) in [5, 5.41) is 15.9. The number of thiazole rings is 1. The lowest BCUT2D eigenvalue weighted by molar-refractivity contribution is 0.412. The van der Waals surface area contributed by atoms with E-state index in [4.69, 9.17) is 14.5 Å². The van der Waals surface area contributed by atoms with Crippen LogP contribution in [0.3, 0.4) is 0 Å². The summed E-state index contributed by atoms with van der Waals surface area (Å²) in [6, 6.07) is 13.5. The van der Waals surface area contributed by atoms with Gasteiger partial charge in [0.2, 0.25) is 5.82 Å². The van der Waals surface area contributed by atoms with Gasteiger partial charge >= 0.3 is 0 Å². The molecule has 0 bridgehead atoms. The third kappa shape index (κ3) is 4.73. The van der Waals surface area contributed by atoms with Crippen molar-refractivity contribution in [3.8, 4) is 34.7 Å². The van der Waals surface area contributed by atoms with Crippen LogP contribution in [0.4, 0.5) is 0 Å². The topological polar surface area (TPSA) is 75.0 Å². The Labute approximate surface area is 196 Å². The normalized spacial score (nSPS) is 13.2. The zero-order valence-corrected chi connectivity index (χ0v) is 19.3. The summed E-state index contributed by atoms with van der Waals surface area (Å²) in [6.45, 7) is 0.521. The van der Waals surface area contributed by atoms with E-state index in [1.54, 1.807) is 30.4 Å². The van der Waals surface area contributed by atoms with E-state index < -0.39 is 0 Å². The molecule has 8 heteroatoms. The van der Waals surface area contributed by atoms with Gasteiger partial charge in [0.05, 0.1) is 32.0 Å². The van der Waals surface area contributed by atoms with Gasteiger partial charge in [-0.25, -0.2) is 4.98 Å². The maximum absolute atomic E-state index is 5.51. The number of aromatic nitrogens is 5. The largest absolute Gasteiger partial charge is 0.497 e. The zero-order valence-electron chi connectivity index (χ0n) is 18.5. The van der Waals surface area contributed by atoms with E-state index in [-0.39, 0.29) is 0 Å². The van der Waals surface area contributed by atoms with Gasteiger partial charge in [-0.2, -0.15) is 4.80 Å². The molecule has 0 atom stereocenters. The summed E-state index contributed by atoms with van der Waals surface area (Å²) < 4.78 is 10.7. The van der Waals surface area contributed by atoms with E-state index in [1.165, 1.54) is 25.0 Å². The first kappa shape index (κ1) is 21.2. The second-order valence-electron chi connectivity index (χ2n) is 7.86. The van der Waals surface area contributed by atoms with Crippen LogP contribution in [0, 0.1) is 11.8 Å². The van der Waals surface area contributed by atoms with Crippen molar-refractivity contribution in [3.63, 3.8) is 0 Å². The van der Waals surface area contributed by atoms with Crippen molar-refractivity contribution >= 4 is 11.3 Å². The van der Waals surface area contributed by atoms with Gasteiger partial charge in [0.1, 0.15) is 11.5 Å². The number of tetrazole rings is 1. The molecule has 0 radical (unpaired) electrons. The molecule has 0 amide bonds. The molecule has 2 aromatic carbocycles. The third-order valence-corrected chi connectivity index (χ3v) is 6.52. The number of hydrogen-bond acceptors (Lipinski definition) is 7. The van der Waals surface area contributed by atoms with E-state index in [1.807, 2.05) is 42.5 Å². The number of nitrogens with zero attached hydrogens (tertiary/aromatic N) is 5. The molecule has 1 aliphatic carbocycles. The second-order valence-corrected chi connectivity index (χ2v) is 8.72. The van der Waals surface area contributed by atoms with E-state index in [2.05, 4.69) is 32.6 Å². The van der Waals surface area contributed by atoms with Gasteiger partial charge in [0.15, 0.2) is 5.01 Å². The lowest BCUT2D eigenvalue weighted by atomic mass is 9.83. The van der Waals surface area contributed by atoms with E-state index in [0.29, 0.717) is 24.0 Å². The molecule has 2 aromatic heterocycles. The molecule has 5 rings (SSSR count). The standard InChI is InChI=1S/C25H23N5O2S/c1-31-21-10-6-17(7-11-21)15-30-28-25(27-29-30)20-8-12-23(32-2)19(14-20)9-13-24-26-22(16-33-24)18-4-3-5-18/h6-8,10-12,14,16,18H,3-5,15H2,1-2H3. The van der Waals surface area contributed by atoms with E-state index >= 15 is 0 Å². The minimum atomic E-state index is 0.521. The van der Waals surface area contributed by atoms with Crippen molar-refractivity contribution in [2.75, 3.05) is 14.2 Å². The molecule has 7 nitrogen and oxygen atoms in total. The zero-order chi connectivity index (χ0) is 22.6. The van der Waals surface area contributed by atoms with Crippen LogP contribution in [-0.4, -0.2) is 39.4 Å². The molecule has 1 fully saturated rings. The van der Waals surface area contributed by atoms with Gasteiger partial charge in [0, 0.05) is 16.9 Å². The average Bonchev–Trinajstić information content (AvgIpc) is 3.47. The molecule has 1 aliphatic rings. The first-order valence-corrected chi connectivity index (χ1v) is 11.7. The summed E-state index contributed by atoms with van der Waals surface area (Å²) in [6.07, 6.45) is 3.77. The number of benzene rings is 2. The third-order valence-electron chi connectivity index (χ3n) is 5.74. The second kappa shape index (κ2) is 9.43. The number of rotatable bonds is 6. The Morgan fingerprint density at radius 2 is 1.91 bits per heavy atom.